The van der Waals surface area contributed by atoms with Crippen molar-refractivity contribution in [3.63, 3.8) is 0 Å². The minimum atomic E-state index is -1.75. The molecule has 0 spiro atoms. The first-order chi connectivity index (χ1) is 35.6. The Hall–Kier alpha value is -5.96. The quantitative estimate of drug-likeness (QED) is 0.0694. The van der Waals surface area contributed by atoms with Crippen molar-refractivity contribution in [2.24, 2.45) is 29.4 Å². The normalized spacial score (nSPS) is 19.1. The second kappa shape index (κ2) is 29.5. The first-order valence-corrected chi connectivity index (χ1v) is 26.8. The molecule has 76 heavy (non-hydrogen) atoms. The number of ketones is 2. The molecule has 2 aliphatic heterocycles. The Bertz CT molecular complexity index is 2200. The van der Waals surface area contributed by atoms with Crippen molar-refractivity contribution in [3.05, 3.63) is 29.8 Å². The van der Waals surface area contributed by atoms with E-state index in [9.17, 15) is 53.1 Å². The van der Waals surface area contributed by atoms with Crippen LogP contribution >= 0.6 is 0 Å². The van der Waals surface area contributed by atoms with Gasteiger partial charge in [-0.1, -0.05) is 73.9 Å². The highest BCUT2D eigenvalue weighted by atomic mass is 16.6. The Labute approximate surface area is 449 Å². The molecule has 2 fully saturated rings. The minimum Gasteiger partial charge on any atom is -0.497 e. The molecule has 21 heteroatoms. The largest absolute Gasteiger partial charge is 0.497 e. The number of carbonyl (C=O) groups excluding carboxylic acids is 10. The summed E-state index contributed by atoms with van der Waals surface area (Å²) in [6.07, 6.45) is -2.52. The first-order valence-electron chi connectivity index (χ1n) is 26.8. The van der Waals surface area contributed by atoms with Gasteiger partial charge in [-0.2, -0.15) is 0 Å². The maximum atomic E-state index is 14.9. The summed E-state index contributed by atoms with van der Waals surface area (Å²) in [4.78, 5) is 142. The summed E-state index contributed by atoms with van der Waals surface area (Å²) in [5.74, 6) is -7.59. The molecule has 3 rings (SSSR count). The number of nitrogens with two attached hydrogens (primary N) is 1. The third-order valence-corrected chi connectivity index (χ3v) is 14.4. The number of nitrogens with one attached hydrogen (secondary N) is 2. The molecule has 0 aliphatic carbocycles. The summed E-state index contributed by atoms with van der Waals surface area (Å²) in [6, 6.07) is -1.58. The average molecular weight is 1070 g/mol. The van der Waals surface area contributed by atoms with E-state index < -0.39 is 120 Å². The summed E-state index contributed by atoms with van der Waals surface area (Å²) in [5.41, 5.74) is 6.91. The van der Waals surface area contributed by atoms with Gasteiger partial charge in [0.1, 0.15) is 42.1 Å². The molecule has 11 atom stereocenters. The van der Waals surface area contributed by atoms with Gasteiger partial charge in [0.25, 0.3) is 5.91 Å². The van der Waals surface area contributed by atoms with Crippen molar-refractivity contribution in [1.82, 2.24) is 30.2 Å². The Kier molecular flexibility index (Phi) is 25.0. The zero-order valence-corrected chi connectivity index (χ0v) is 47.3. The fraction of sp³-hybridized carbons (Fsp3) is 0.709. The van der Waals surface area contributed by atoms with Crippen molar-refractivity contribution in [2.75, 3.05) is 34.3 Å². The van der Waals surface area contributed by atoms with E-state index in [0.29, 0.717) is 43.4 Å². The third-order valence-electron chi connectivity index (χ3n) is 14.4. The van der Waals surface area contributed by atoms with E-state index in [0.717, 1.165) is 6.92 Å². The number of likely N-dealkylation sites (N-methyl/N-ethyl adjacent to an activating group) is 2. The van der Waals surface area contributed by atoms with E-state index in [-0.39, 0.29) is 61.8 Å². The average Bonchev–Trinajstić information content (AvgIpc) is 4.06. The highest BCUT2D eigenvalue weighted by molar-refractivity contribution is 6.35. The monoisotopic (exact) mass is 1070 g/mol. The molecule has 0 radical (unpaired) electrons. The topological polar surface area (TPSA) is 282 Å². The van der Waals surface area contributed by atoms with Crippen LogP contribution in [0.3, 0.4) is 0 Å². The van der Waals surface area contributed by atoms with Gasteiger partial charge in [0, 0.05) is 40.5 Å². The number of methoxy groups -OCH3 is 1. The predicted octanol–water partition coefficient (Wildman–Crippen LogP) is 2.74. The van der Waals surface area contributed by atoms with Crippen LogP contribution in [0.2, 0.25) is 0 Å². The summed E-state index contributed by atoms with van der Waals surface area (Å²) >= 11 is 0. The van der Waals surface area contributed by atoms with Crippen molar-refractivity contribution in [2.45, 2.75) is 195 Å². The second-order valence-corrected chi connectivity index (χ2v) is 21.8. The second-order valence-electron chi connectivity index (χ2n) is 21.8. The molecule has 0 saturated carbocycles. The molecule has 5 N–H and O–H groups in total. The number of hydrogen-bond donors (Lipinski definition) is 4. The number of rotatable bonds is 28. The highest BCUT2D eigenvalue weighted by Gasteiger charge is 2.44. The lowest BCUT2D eigenvalue weighted by Gasteiger charge is -2.36. The minimum absolute atomic E-state index is 0.0673. The maximum Gasteiger partial charge on any atom is 0.329 e. The van der Waals surface area contributed by atoms with Crippen LogP contribution in [0.15, 0.2) is 24.3 Å². The van der Waals surface area contributed by atoms with Crippen LogP contribution in [0.4, 0.5) is 0 Å². The van der Waals surface area contributed by atoms with Crippen LogP contribution in [0, 0.1) is 23.7 Å². The Morgan fingerprint density at radius 3 is 1.79 bits per heavy atom. The van der Waals surface area contributed by atoms with Crippen molar-refractivity contribution in [1.29, 1.82) is 0 Å². The number of amides is 6. The van der Waals surface area contributed by atoms with E-state index in [4.69, 9.17) is 19.9 Å². The third kappa shape index (κ3) is 17.5. The number of benzene rings is 1. The van der Waals surface area contributed by atoms with Gasteiger partial charge in [-0.3, -0.25) is 43.2 Å². The summed E-state index contributed by atoms with van der Waals surface area (Å²) in [5, 5.41) is 17.1. The smallest absolute Gasteiger partial charge is 0.329 e. The molecule has 1 aromatic rings. The first kappa shape index (κ1) is 64.3. The number of ether oxygens (including phenoxy) is 3. The van der Waals surface area contributed by atoms with Crippen molar-refractivity contribution < 1.29 is 67.3 Å². The van der Waals surface area contributed by atoms with Crippen molar-refractivity contribution >= 4 is 58.9 Å². The highest BCUT2D eigenvalue weighted by Crippen LogP contribution is 2.26. The summed E-state index contributed by atoms with van der Waals surface area (Å²) < 4.78 is 16.9. The number of likely N-dealkylation sites (tertiary alicyclic amines) is 2. The van der Waals surface area contributed by atoms with E-state index in [1.54, 1.807) is 52.0 Å². The SMILES string of the molecule is CC[C@H](C)[C@H](NC(=O)[C@H](NC(=O)[C@@H](CC(C)C)N(C)C(=O)[C@@H]1CCCN1C(=O)C(C)=O)[C@H](C)OC(=O)[C@H](Cc1ccc(OC)cc1)N(C)C(=O)[C@@H]1CCCN1C(=O)[C@@H](N)CC(C)C)[C@@H](O)CC(=O)O[C@H](C(C)=O)C(C)C. The lowest BCUT2D eigenvalue weighted by Crippen LogP contribution is -2.62. The molecule has 2 heterocycles. The molecule has 1 aromatic carbocycles. The molecule has 21 nitrogen and oxygen atoms in total. The van der Waals surface area contributed by atoms with Crippen LogP contribution in [-0.4, -0.2) is 179 Å². The van der Waals surface area contributed by atoms with Gasteiger partial charge in [0.15, 0.2) is 11.9 Å². The van der Waals surface area contributed by atoms with Gasteiger partial charge < -0.3 is 55.3 Å². The van der Waals surface area contributed by atoms with Crippen LogP contribution in [-0.2, 0) is 63.8 Å². The van der Waals surface area contributed by atoms with Gasteiger partial charge in [-0.25, -0.2) is 4.79 Å². The number of Topliss-reactive ketones (excluding diaryl/α,β-unsaturated/α-hetero) is 2. The number of nitrogens with zero attached hydrogens (tertiary/aromatic N) is 4. The van der Waals surface area contributed by atoms with Gasteiger partial charge in [-0.05, 0) is 93.7 Å². The number of aliphatic hydroxyl groups excluding tert-OH is 1. The van der Waals surface area contributed by atoms with Gasteiger partial charge in [-0.15, -0.1) is 0 Å². The fourth-order valence-electron chi connectivity index (χ4n) is 9.88. The maximum absolute atomic E-state index is 14.9. The van der Waals surface area contributed by atoms with Gasteiger partial charge in [0.05, 0.1) is 31.7 Å². The van der Waals surface area contributed by atoms with Crippen LogP contribution in [0.5, 0.6) is 5.75 Å². The summed E-state index contributed by atoms with van der Waals surface area (Å²) in [7, 11) is 4.31. The summed E-state index contributed by atoms with van der Waals surface area (Å²) in [6.45, 7) is 18.6. The molecule has 0 unspecified atom stereocenters. The number of carbonyl (C=O) groups is 10. The van der Waals surface area contributed by atoms with E-state index in [2.05, 4.69) is 10.6 Å². The van der Waals surface area contributed by atoms with Crippen LogP contribution in [0.1, 0.15) is 133 Å². The molecule has 2 aliphatic rings. The van der Waals surface area contributed by atoms with Gasteiger partial charge in [0.2, 0.25) is 35.3 Å². The molecule has 426 valence electrons. The zero-order valence-electron chi connectivity index (χ0n) is 47.3. The molecular formula is C55H87N7O14. The van der Waals surface area contributed by atoms with E-state index in [1.807, 2.05) is 27.7 Å². The number of esters is 2. The molecule has 0 aromatic heterocycles. The molecule has 0 bridgehead atoms. The lowest BCUT2D eigenvalue weighted by atomic mass is 9.92. The Morgan fingerprint density at radius 1 is 0.750 bits per heavy atom. The van der Waals surface area contributed by atoms with Crippen LogP contribution < -0.4 is 21.1 Å². The molecular weight excluding hydrogens is 983 g/mol. The van der Waals surface area contributed by atoms with Crippen LogP contribution in [0.25, 0.3) is 0 Å². The molecule has 6 amide bonds. The number of hydrogen-bond acceptors (Lipinski definition) is 15. The van der Waals surface area contributed by atoms with Gasteiger partial charge >= 0.3 is 11.9 Å². The lowest BCUT2D eigenvalue weighted by molar-refractivity contribution is -0.162. The van der Waals surface area contributed by atoms with Crippen molar-refractivity contribution in [3.8, 4) is 5.75 Å². The predicted molar refractivity (Wildman–Crippen MR) is 282 cm³/mol. The Morgan fingerprint density at radius 2 is 1.29 bits per heavy atom. The molecule has 2 saturated heterocycles. The zero-order chi connectivity index (χ0) is 57.5. The number of aliphatic hydroxyl groups is 1. The fourth-order valence-corrected chi connectivity index (χ4v) is 9.88. The standard InChI is InChI=1S/C55H87N7O14/c1-15-33(8)46(44(65)29-45(66)76-48(32(6)7)34(9)63)57-50(68)47(58-49(67)42(27-31(4)5)59(12)53(71)40-18-16-24-61(40)51(69)35(10)64)36(11)75-55(73)43(28-37-20-22-38(74-14)23-21-37)60(13)54(72)41-19-17-25-62(41)52(70)39(56)26-30(2)3/h20-23,30-33,36,39-44,46-48,65H,15-19,24-29,56H2,1-14H3,(H,57,68)(H,58,67)/t33-,36-,39-,40-,41-,42+,43-,44-,46-,47+,48-/m0/s1. The Balaban J connectivity index is 2.12. The van der Waals surface area contributed by atoms with E-state index >= 15 is 0 Å². The van der Waals surface area contributed by atoms with E-state index in [1.165, 1.54) is 54.7 Å².